The maximum absolute atomic E-state index is 5.86. The summed E-state index contributed by atoms with van der Waals surface area (Å²) in [6, 6.07) is 17.2. The van der Waals surface area contributed by atoms with Gasteiger partial charge in [0.25, 0.3) is 0 Å². The third-order valence-electron chi connectivity index (χ3n) is 6.66. The van der Waals surface area contributed by atoms with E-state index in [-0.39, 0.29) is 18.2 Å². The summed E-state index contributed by atoms with van der Waals surface area (Å²) in [6.07, 6.45) is 13.1. The molecule has 0 spiro atoms. The smallest absolute Gasteiger partial charge is 0.174 e. The third kappa shape index (κ3) is 4.62. The Balaban J connectivity index is 1.50. The topological polar surface area (TPSA) is 42.3 Å². The highest BCUT2D eigenvalue weighted by molar-refractivity contribution is 7.80. The van der Waals surface area contributed by atoms with Crippen molar-refractivity contribution in [2.24, 2.45) is 0 Å². The maximum Gasteiger partial charge on any atom is 0.174 e. The Morgan fingerprint density at radius 3 is 2.52 bits per heavy atom. The highest BCUT2D eigenvalue weighted by Crippen LogP contribution is 2.42. The number of nitrogens with zero attached hydrogens (tertiary/aromatic N) is 3. The summed E-state index contributed by atoms with van der Waals surface area (Å²) in [6.45, 7) is 4.08. The number of pyridine rings is 1. The minimum Gasteiger partial charge on any atom is -0.491 e. The SMILES string of the molecule is CC(C)Oc1ccc(N2C(=S)N[C@@H](c3ccccn3)[C@@H]2c2ccn(C3CCCCC3)c2)cc1. The summed E-state index contributed by atoms with van der Waals surface area (Å²) in [4.78, 5) is 6.90. The summed E-state index contributed by atoms with van der Waals surface area (Å²) < 4.78 is 8.27. The number of ether oxygens (including phenoxy) is 1. The van der Waals surface area contributed by atoms with Crippen LogP contribution in [0.5, 0.6) is 5.75 Å². The Kier molecular flexibility index (Phi) is 6.36. The summed E-state index contributed by atoms with van der Waals surface area (Å²) >= 11 is 5.86. The highest BCUT2D eigenvalue weighted by atomic mass is 32.1. The van der Waals surface area contributed by atoms with Crippen LogP contribution in [0.4, 0.5) is 5.69 Å². The molecule has 2 atom stereocenters. The largest absolute Gasteiger partial charge is 0.491 e. The Bertz CT molecular complexity index is 1070. The van der Waals surface area contributed by atoms with E-state index >= 15 is 0 Å². The molecule has 2 aromatic heterocycles. The van der Waals surface area contributed by atoms with Gasteiger partial charge in [0.1, 0.15) is 5.75 Å². The lowest BCUT2D eigenvalue weighted by molar-refractivity contribution is 0.242. The van der Waals surface area contributed by atoms with Crippen molar-refractivity contribution in [2.45, 2.75) is 70.2 Å². The fourth-order valence-electron chi connectivity index (χ4n) is 5.14. The molecule has 2 aliphatic rings. The molecule has 5 rings (SSSR count). The second kappa shape index (κ2) is 9.56. The zero-order chi connectivity index (χ0) is 22.8. The molecule has 33 heavy (non-hydrogen) atoms. The fourth-order valence-corrected chi connectivity index (χ4v) is 5.49. The molecule has 0 amide bonds. The van der Waals surface area contributed by atoms with Gasteiger partial charge in [-0.2, -0.15) is 0 Å². The maximum atomic E-state index is 5.86. The molecule has 0 bridgehead atoms. The predicted octanol–water partition coefficient (Wildman–Crippen LogP) is 6.35. The van der Waals surface area contributed by atoms with E-state index in [1.165, 1.54) is 37.7 Å². The van der Waals surface area contributed by atoms with Crippen molar-refractivity contribution in [1.29, 1.82) is 0 Å². The number of nitrogens with one attached hydrogen (secondary N) is 1. The van der Waals surface area contributed by atoms with E-state index < -0.39 is 0 Å². The molecule has 3 heterocycles. The van der Waals surface area contributed by atoms with Crippen molar-refractivity contribution in [3.05, 3.63) is 78.4 Å². The van der Waals surface area contributed by atoms with Crippen LogP contribution >= 0.6 is 12.2 Å². The van der Waals surface area contributed by atoms with Gasteiger partial charge in [0.15, 0.2) is 5.11 Å². The average molecular weight is 461 g/mol. The molecule has 0 radical (unpaired) electrons. The lowest BCUT2D eigenvalue weighted by Crippen LogP contribution is -2.29. The van der Waals surface area contributed by atoms with E-state index in [1.807, 2.05) is 44.3 Å². The molecule has 6 heteroatoms. The highest BCUT2D eigenvalue weighted by Gasteiger charge is 2.41. The van der Waals surface area contributed by atoms with E-state index in [0.717, 1.165) is 22.2 Å². The van der Waals surface area contributed by atoms with Gasteiger partial charge in [-0.05, 0) is 86.9 Å². The van der Waals surface area contributed by atoms with Crippen molar-refractivity contribution in [3.8, 4) is 5.75 Å². The first-order valence-electron chi connectivity index (χ1n) is 12.0. The molecule has 1 aliphatic carbocycles. The van der Waals surface area contributed by atoms with Gasteiger partial charge < -0.3 is 19.5 Å². The molecule has 172 valence electrons. The molecule has 3 aromatic rings. The summed E-state index contributed by atoms with van der Waals surface area (Å²) in [7, 11) is 0. The molecule has 1 N–H and O–H groups in total. The van der Waals surface area contributed by atoms with Crippen LogP contribution in [0.25, 0.3) is 0 Å². The molecule has 5 nitrogen and oxygen atoms in total. The normalized spacial score (nSPS) is 21.4. The molecule has 1 aliphatic heterocycles. The minimum atomic E-state index is -0.0208. The molecular weight excluding hydrogens is 428 g/mol. The quantitative estimate of drug-likeness (QED) is 0.434. The Morgan fingerprint density at radius 2 is 1.82 bits per heavy atom. The summed E-state index contributed by atoms with van der Waals surface area (Å²) in [5, 5.41) is 4.28. The Morgan fingerprint density at radius 1 is 1.03 bits per heavy atom. The van der Waals surface area contributed by atoms with Crippen molar-refractivity contribution >= 4 is 23.0 Å². The number of hydrogen-bond acceptors (Lipinski definition) is 3. The number of rotatable bonds is 6. The van der Waals surface area contributed by atoms with Crippen LogP contribution < -0.4 is 15.0 Å². The molecule has 1 aromatic carbocycles. The molecule has 1 saturated carbocycles. The standard InChI is InChI=1S/C27H32N4OS/c1-19(2)32-23-13-11-22(12-14-23)31-26(25(29-27(31)33)24-10-6-7-16-28-24)20-15-17-30(18-20)21-8-4-3-5-9-21/h6-7,10-19,21,25-26H,3-5,8-9H2,1-2H3,(H,29,33)/t25-,26-/m0/s1. The number of aromatic nitrogens is 2. The van der Waals surface area contributed by atoms with E-state index in [0.29, 0.717) is 6.04 Å². The second-order valence-electron chi connectivity index (χ2n) is 9.34. The van der Waals surface area contributed by atoms with Gasteiger partial charge >= 0.3 is 0 Å². The lowest BCUT2D eigenvalue weighted by Gasteiger charge is -2.28. The van der Waals surface area contributed by atoms with Gasteiger partial charge in [-0.25, -0.2) is 0 Å². The minimum absolute atomic E-state index is 0.0208. The van der Waals surface area contributed by atoms with Gasteiger partial charge in [0, 0.05) is 30.3 Å². The van der Waals surface area contributed by atoms with Gasteiger partial charge in [0.05, 0.1) is 23.9 Å². The van der Waals surface area contributed by atoms with Gasteiger partial charge in [0.2, 0.25) is 0 Å². The van der Waals surface area contributed by atoms with Crippen LogP contribution in [0, 0.1) is 0 Å². The Labute approximate surface area is 201 Å². The van der Waals surface area contributed by atoms with Crippen LogP contribution in [0.1, 0.15) is 75.3 Å². The van der Waals surface area contributed by atoms with Gasteiger partial charge in [-0.1, -0.05) is 25.3 Å². The van der Waals surface area contributed by atoms with Crippen molar-refractivity contribution in [3.63, 3.8) is 0 Å². The summed E-state index contributed by atoms with van der Waals surface area (Å²) in [5.74, 6) is 0.869. The van der Waals surface area contributed by atoms with E-state index in [2.05, 4.69) is 56.4 Å². The number of thiocarbonyl (C=S) groups is 1. The van der Waals surface area contributed by atoms with Crippen molar-refractivity contribution in [2.75, 3.05) is 4.90 Å². The third-order valence-corrected chi connectivity index (χ3v) is 6.97. The number of hydrogen-bond donors (Lipinski definition) is 1. The van der Waals surface area contributed by atoms with Crippen LogP contribution in [-0.4, -0.2) is 20.8 Å². The van der Waals surface area contributed by atoms with Crippen LogP contribution in [0.3, 0.4) is 0 Å². The molecule has 2 fully saturated rings. The van der Waals surface area contributed by atoms with E-state index in [9.17, 15) is 0 Å². The first-order valence-corrected chi connectivity index (χ1v) is 12.5. The predicted molar refractivity (Wildman–Crippen MR) is 137 cm³/mol. The van der Waals surface area contributed by atoms with Crippen molar-refractivity contribution < 1.29 is 4.74 Å². The summed E-state index contributed by atoms with van der Waals surface area (Å²) in [5.41, 5.74) is 3.31. The van der Waals surface area contributed by atoms with Gasteiger partial charge in [-0.3, -0.25) is 4.98 Å². The first kappa shape index (κ1) is 22.0. The zero-order valence-corrected chi connectivity index (χ0v) is 20.2. The van der Waals surface area contributed by atoms with Crippen LogP contribution in [0.15, 0.2) is 67.1 Å². The van der Waals surface area contributed by atoms with E-state index in [4.69, 9.17) is 17.0 Å². The molecule has 0 unspecified atom stereocenters. The second-order valence-corrected chi connectivity index (χ2v) is 9.73. The van der Waals surface area contributed by atoms with E-state index in [1.54, 1.807) is 0 Å². The number of benzene rings is 1. The lowest BCUT2D eigenvalue weighted by atomic mass is 9.95. The fraction of sp³-hybridized carbons (Fsp3) is 0.407. The van der Waals surface area contributed by atoms with Crippen LogP contribution in [-0.2, 0) is 0 Å². The first-order chi connectivity index (χ1) is 16.1. The van der Waals surface area contributed by atoms with Crippen LogP contribution in [0.2, 0.25) is 0 Å². The number of anilines is 1. The monoisotopic (exact) mass is 460 g/mol. The average Bonchev–Trinajstić information content (AvgIpc) is 3.45. The van der Waals surface area contributed by atoms with Gasteiger partial charge in [-0.15, -0.1) is 0 Å². The molecular formula is C27H32N4OS. The Hall–Kier alpha value is -2.86. The zero-order valence-electron chi connectivity index (χ0n) is 19.4. The molecule has 1 saturated heterocycles. The van der Waals surface area contributed by atoms with Crippen molar-refractivity contribution in [1.82, 2.24) is 14.9 Å².